The molecule has 1 amide bonds. The molecule has 0 saturated heterocycles. The van der Waals surface area contributed by atoms with E-state index in [1.54, 1.807) is 6.07 Å². The van der Waals surface area contributed by atoms with E-state index in [0.29, 0.717) is 15.3 Å². The lowest BCUT2D eigenvalue weighted by Crippen LogP contribution is -2.38. The third-order valence-electron chi connectivity index (χ3n) is 2.41. The summed E-state index contributed by atoms with van der Waals surface area (Å²) in [6.45, 7) is -2.22. The Morgan fingerprint density at radius 1 is 1.53 bits per heavy atom. The van der Waals surface area contributed by atoms with E-state index in [-0.39, 0.29) is 5.56 Å². The highest BCUT2D eigenvalue weighted by atomic mass is 32.1. The number of alkyl halides is 2. The van der Waals surface area contributed by atoms with Crippen LogP contribution < -0.4 is 11.1 Å². The Kier molecular flexibility index (Phi) is 3.63. The Morgan fingerprint density at radius 2 is 2.26 bits per heavy atom. The van der Waals surface area contributed by atoms with Crippen molar-refractivity contribution < 1.29 is 18.7 Å². The minimum atomic E-state index is -3.32. The van der Waals surface area contributed by atoms with Crippen LogP contribution in [0.1, 0.15) is 10.4 Å². The van der Waals surface area contributed by atoms with Gasteiger partial charge in [0, 0.05) is 5.56 Å². The van der Waals surface area contributed by atoms with Crippen LogP contribution in [0, 0.1) is 0 Å². The fourth-order valence-corrected chi connectivity index (χ4v) is 2.22. The van der Waals surface area contributed by atoms with E-state index in [4.69, 9.17) is 10.8 Å². The van der Waals surface area contributed by atoms with E-state index in [9.17, 15) is 13.6 Å². The minimum Gasteiger partial charge on any atom is -0.390 e. The monoisotopic (exact) mass is 287 g/mol. The maximum atomic E-state index is 12.8. The summed E-state index contributed by atoms with van der Waals surface area (Å²) in [7, 11) is 0. The first kappa shape index (κ1) is 13.6. The van der Waals surface area contributed by atoms with Crippen molar-refractivity contribution in [2.75, 3.05) is 18.9 Å². The number of benzene rings is 1. The van der Waals surface area contributed by atoms with Gasteiger partial charge in [0.2, 0.25) is 0 Å². The van der Waals surface area contributed by atoms with Crippen LogP contribution in [0.25, 0.3) is 10.2 Å². The summed E-state index contributed by atoms with van der Waals surface area (Å²) in [6.07, 6.45) is 0. The third-order valence-corrected chi connectivity index (χ3v) is 3.25. The van der Waals surface area contributed by atoms with Crippen LogP contribution in [-0.2, 0) is 0 Å². The van der Waals surface area contributed by atoms with Gasteiger partial charge in [0.25, 0.3) is 11.8 Å². The Bertz CT molecular complexity index is 615. The summed E-state index contributed by atoms with van der Waals surface area (Å²) in [5.41, 5.74) is 6.42. The molecule has 0 spiro atoms. The Balaban J connectivity index is 2.13. The zero-order chi connectivity index (χ0) is 14.0. The highest BCUT2D eigenvalue weighted by molar-refractivity contribution is 7.22. The first-order chi connectivity index (χ1) is 8.91. The van der Waals surface area contributed by atoms with Crippen LogP contribution in [0.3, 0.4) is 0 Å². The van der Waals surface area contributed by atoms with E-state index < -0.39 is 25.0 Å². The maximum absolute atomic E-state index is 12.8. The zero-order valence-electron chi connectivity index (χ0n) is 9.69. The molecule has 0 aliphatic heterocycles. The summed E-state index contributed by atoms with van der Waals surface area (Å²) in [4.78, 5) is 15.7. The average Bonchev–Trinajstić information content (AvgIpc) is 2.75. The van der Waals surface area contributed by atoms with Gasteiger partial charge in [-0.3, -0.25) is 4.79 Å². The fourth-order valence-electron chi connectivity index (χ4n) is 1.45. The number of nitrogens with one attached hydrogen (secondary N) is 1. The summed E-state index contributed by atoms with van der Waals surface area (Å²) in [5.74, 6) is -3.96. The van der Waals surface area contributed by atoms with Crippen molar-refractivity contribution in [2.24, 2.45) is 0 Å². The van der Waals surface area contributed by atoms with Gasteiger partial charge in [-0.1, -0.05) is 11.3 Å². The van der Waals surface area contributed by atoms with Crippen molar-refractivity contribution in [3.05, 3.63) is 23.8 Å². The quantitative estimate of drug-likeness (QED) is 0.789. The molecule has 0 unspecified atom stereocenters. The number of hydrogen-bond acceptors (Lipinski definition) is 5. The molecule has 0 saturated carbocycles. The van der Waals surface area contributed by atoms with Crippen molar-refractivity contribution in [2.45, 2.75) is 5.92 Å². The van der Waals surface area contributed by atoms with Crippen LogP contribution >= 0.6 is 11.3 Å². The molecule has 0 aliphatic rings. The molecule has 2 aromatic rings. The SMILES string of the molecule is Nc1nc2ccc(C(=O)NCC(F)(F)CO)cc2s1. The normalized spacial score (nSPS) is 11.7. The van der Waals surface area contributed by atoms with Gasteiger partial charge in [-0.05, 0) is 18.2 Å². The number of thiazole rings is 1. The van der Waals surface area contributed by atoms with Gasteiger partial charge < -0.3 is 16.2 Å². The molecule has 0 atom stereocenters. The van der Waals surface area contributed by atoms with Crippen LogP contribution in [-0.4, -0.2) is 35.1 Å². The predicted octanol–water partition coefficient (Wildman–Crippen LogP) is 1.24. The summed E-state index contributed by atoms with van der Waals surface area (Å²) in [6, 6.07) is 4.62. The standard InChI is InChI=1S/C11H11F2N3O2S/c12-11(13,5-17)4-15-9(18)6-1-2-7-8(3-6)19-10(14)16-7/h1-3,17H,4-5H2,(H2,14,16)(H,15,18). The molecule has 1 aromatic carbocycles. The number of nitrogen functional groups attached to an aromatic ring is 1. The number of carbonyl (C=O) groups is 1. The number of amides is 1. The van der Waals surface area contributed by atoms with Crippen LogP contribution in [0.4, 0.5) is 13.9 Å². The molecule has 0 fully saturated rings. The number of fused-ring (bicyclic) bond motifs is 1. The number of aliphatic hydroxyl groups excluding tert-OH is 1. The zero-order valence-corrected chi connectivity index (χ0v) is 10.5. The number of anilines is 1. The first-order valence-corrected chi connectivity index (χ1v) is 6.16. The van der Waals surface area contributed by atoms with Gasteiger partial charge >= 0.3 is 0 Å². The number of nitrogens with zero attached hydrogens (tertiary/aromatic N) is 1. The predicted molar refractivity (Wildman–Crippen MR) is 68.4 cm³/mol. The number of hydrogen-bond donors (Lipinski definition) is 3. The van der Waals surface area contributed by atoms with E-state index in [2.05, 4.69) is 10.3 Å². The highest BCUT2D eigenvalue weighted by Gasteiger charge is 2.28. The molecule has 0 radical (unpaired) electrons. The molecule has 8 heteroatoms. The largest absolute Gasteiger partial charge is 0.390 e. The molecule has 19 heavy (non-hydrogen) atoms. The maximum Gasteiger partial charge on any atom is 0.287 e. The van der Waals surface area contributed by atoms with Gasteiger partial charge in [0.1, 0.15) is 6.61 Å². The third kappa shape index (κ3) is 3.15. The van der Waals surface area contributed by atoms with Crippen molar-refractivity contribution in [3.63, 3.8) is 0 Å². The molecule has 2 rings (SSSR count). The van der Waals surface area contributed by atoms with Gasteiger partial charge in [-0.15, -0.1) is 0 Å². The average molecular weight is 287 g/mol. The number of halogens is 2. The number of aliphatic hydroxyl groups is 1. The fraction of sp³-hybridized carbons (Fsp3) is 0.273. The van der Waals surface area contributed by atoms with Gasteiger partial charge in [-0.2, -0.15) is 0 Å². The lowest BCUT2D eigenvalue weighted by atomic mass is 10.2. The van der Waals surface area contributed by atoms with Crippen molar-refractivity contribution in [3.8, 4) is 0 Å². The van der Waals surface area contributed by atoms with E-state index in [1.807, 2.05) is 0 Å². The van der Waals surface area contributed by atoms with Crippen molar-refractivity contribution in [1.82, 2.24) is 10.3 Å². The van der Waals surface area contributed by atoms with Crippen LogP contribution in [0.5, 0.6) is 0 Å². The molecule has 5 nitrogen and oxygen atoms in total. The molecule has 102 valence electrons. The molecule has 1 heterocycles. The first-order valence-electron chi connectivity index (χ1n) is 5.34. The van der Waals surface area contributed by atoms with E-state index in [1.165, 1.54) is 23.5 Å². The second kappa shape index (κ2) is 5.06. The minimum absolute atomic E-state index is 0.241. The number of aromatic nitrogens is 1. The molecular weight excluding hydrogens is 276 g/mol. The number of nitrogens with two attached hydrogens (primary N) is 1. The van der Waals surface area contributed by atoms with Gasteiger partial charge in [-0.25, -0.2) is 13.8 Å². The number of rotatable bonds is 4. The molecule has 0 bridgehead atoms. The van der Waals surface area contributed by atoms with E-state index >= 15 is 0 Å². The second-order valence-corrected chi connectivity index (χ2v) is 4.99. The van der Waals surface area contributed by atoms with Gasteiger partial charge in [0.05, 0.1) is 16.8 Å². The highest BCUT2D eigenvalue weighted by Crippen LogP contribution is 2.24. The van der Waals surface area contributed by atoms with Crippen LogP contribution in [0.2, 0.25) is 0 Å². The number of carbonyl (C=O) groups excluding carboxylic acids is 1. The topological polar surface area (TPSA) is 88.2 Å². The van der Waals surface area contributed by atoms with E-state index in [0.717, 1.165) is 0 Å². The molecule has 4 N–H and O–H groups in total. The second-order valence-electron chi connectivity index (χ2n) is 3.93. The van der Waals surface area contributed by atoms with Gasteiger partial charge in [0.15, 0.2) is 5.13 Å². The van der Waals surface area contributed by atoms with Crippen molar-refractivity contribution >= 4 is 32.6 Å². The lowest BCUT2D eigenvalue weighted by Gasteiger charge is -2.13. The molecular formula is C11H11F2N3O2S. The van der Waals surface area contributed by atoms with Crippen molar-refractivity contribution in [1.29, 1.82) is 0 Å². The molecule has 0 aliphatic carbocycles. The summed E-state index contributed by atoms with van der Waals surface area (Å²) in [5, 5.41) is 10.8. The smallest absolute Gasteiger partial charge is 0.287 e. The Morgan fingerprint density at radius 3 is 2.95 bits per heavy atom. The summed E-state index contributed by atoms with van der Waals surface area (Å²) < 4.78 is 26.3. The Hall–Kier alpha value is -1.80. The molecule has 1 aromatic heterocycles. The van der Waals surface area contributed by atoms with Crippen LogP contribution in [0.15, 0.2) is 18.2 Å². The summed E-state index contributed by atoms with van der Waals surface area (Å²) >= 11 is 1.21. The Labute approximate surface area is 111 Å². The lowest BCUT2D eigenvalue weighted by molar-refractivity contribution is -0.0462.